The largest absolute Gasteiger partial charge is 0.294 e. The molecule has 0 heterocycles. The van der Waals surface area contributed by atoms with Crippen LogP contribution in [0.3, 0.4) is 0 Å². The second-order valence-corrected chi connectivity index (χ2v) is 3.65. The van der Waals surface area contributed by atoms with Crippen molar-refractivity contribution in [3.05, 3.63) is 34.4 Å². The molecular weight excluding hydrogens is 226 g/mol. The van der Waals surface area contributed by atoms with Crippen LogP contribution in [-0.4, -0.2) is 17.9 Å². The van der Waals surface area contributed by atoms with Gasteiger partial charge in [0.1, 0.15) is 0 Å². The van der Waals surface area contributed by atoms with Gasteiger partial charge in [-0.05, 0) is 12.1 Å². The molecule has 0 bridgehead atoms. The van der Waals surface area contributed by atoms with Gasteiger partial charge in [-0.25, -0.2) is 0 Å². The Bertz CT molecular complexity index is 427. The fourth-order valence-corrected chi connectivity index (χ4v) is 1.22. The van der Waals surface area contributed by atoms with Crippen molar-refractivity contribution in [2.45, 2.75) is 4.90 Å². The van der Waals surface area contributed by atoms with E-state index in [9.17, 15) is 18.5 Å². The van der Waals surface area contributed by atoms with E-state index in [1.807, 2.05) is 0 Å². The van der Waals surface area contributed by atoms with Crippen LogP contribution in [0.15, 0.2) is 29.2 Å². The van der Waals surface area contributed by atoms with Gasteiger partial charge in [0.05, 0.1) is 9.82 Å². The number of nitro groups is 1. The third-order valence-corrected chi connectivity index (χ3v) is 2.21. The number of hydrogen-bond acceptors (Lipinski definition) is 6. The molecule has 0 saturated heterocycles. The molecule has 0 fully saturated rings. The van der Waals surface area contributed by atoms with Crippen LogP contribution in [0.1, 0.15) is 0 Å². The Morgan fingerprint density at radius 1 is 1.20 bits per heavy atom. The van der Waals surface area contributed by atoms with Gasteiger partial charge in [0.25, 0.3) is 15.8 Å². The summed E-state index contributed by atoms with van der Waals surface area (Å²) >= 11 is 0. The van der Waals surface area contributed by atoms with Gasteiger partial charge in [-0.3, -0.25) is 26.4 Å². The SMILES string of the molecule is NN.O=[N+]([O-])c1ccc(S(=O)(=O)O)cc1. The first-order valence-electron chi connectivity index (χ1n) is 3.46. The molecule has 0 amide bonds. The van der Waals surface area contributed by atoms with E-state index in [-0.39, 0.29) is 10.6 Å². The standard InChI is InChI=1S/C6H5NO5S.H4N2/c8-7(9)5-1-3-6(4-2-5)13(10,11)12;1-2/h1-4H,(H,10,11,12);1-2H2. The lowest BCUT2D eigenvalue weighted by Gasteiger charge is -1.94. The molecule has 9 heteroatoms. The zero-order valence-electron chi connectivity index (χ0n) is 7.40. The molecule has 0 aliphatic heterocycles. The van der Waals surface area contributed by atoms with Gasteiger partial charge in [0.15, 0.2) is 0 Å². The lowest BCUT2D eigenvalue weighted by Crippen LogP contribution is -2.02. The zero-order valence-corrected chi connectivity index (χ0v) is 8.22. The second kappa shape index (κ2) is 5.36. The van der Waals surface area contributed by atoms with E-state index in [0.717, 1.165) is 24.3 Å². The van der Waals surface area contributed by atoms with Crippen molar-refractivity contribution < 1.29 is 17.9 Å². The predicted octanol–water partition coefficient (Wildman–Crippen LogP) is -0.340. The van der Waals surface area contributed by atoms with E-state index < -0.39 is 15.0 Å². The number of benzene rings is 1. The molecule has 0 aromatic heterocycles. The highest BCUT2D eigenvalue weighted by Crippen LogP contribution is 2.14. The van der Waals surface area contributed by atoms with E-state index in [4.69, 9.17) is 4.55 Å². The number of nitro benzene ring substituents is 1. The fraction of sp³-hybridized carbons (Fsp3) is 0. The summed E-state index contributed by atoms with van der Waals surface area (Å²) in [5, 5.41) is 10.2. The van der Waals surface area contributed by atoms with Crippen molar-refractivity contribution in [3.8, 4) is 0 Å². The second-order valence-electron chi connectivity index (χ2n) is 2.23. The molecule has 0 spiro atoms. The van der Waals surface area contributed by atoms with E-state index in [1.165, 1.54) is 0 Å². The van der Waals surface area contributed by atoms with Crippen molar-refractivity contribution in [3.63, 3.8) is 0 Å². The van der Waals surface area contributed by atoms with Crippen molar-refractivity contribution in [2.75, 3.05) is 0 Å². The minimum Gasteiger partial charge on any atom is -0.282 e. The molecule has 1 aromatic carbocycles. The first-order valence-corrected chi connectivity index (χ1v) is 4.90. The number of nitrogens with zero attached hydrogens (tertiary/aromatic N) is 1. The maximum Gasteiger partial charge on any atom is 0.294 e. The molecule has 1 aromatic rings. The maximum atomic E-state index is 10.5. The normalized spacial score (nSPS) is 10.1. The van der Waals surface area contributed by atoms with E-state index in [2.05, 4.69) is 11.7 Å². The number of nitrogens with two attached hydrogens (primary N) is 2. The minimum absolute atomic E-state index is 0.229. The Hall–Kier alpha value is -1.55. The monoisotopic (exact) mass is 235 g/mol. The molecule has 0 atom stereocenters. The molecular formula is C6H9N3O5S. The molecule has 0 unspecified atom stereocenters. The highest BCUT2D eigenvalue weighted by molar-refractivity contribution is 7.85. The molecule has 0 radical (unpaired) electrons. The van der Waals surface area contributed by atoms with Gasteiger partial charge >= 0.3 is 0 Å². The van der Waals surface area contributed by atoms with Crippen LogP contribution in [0.2, 0.25) is 0 Å². The van der Waals surface area contributed by atoms with E-state index >= 15 is 0 Å². The van der Waals surface area contributed by atoms with Crippen molar-refractivity contribution in [1.82, 2.24) is 0 Å². The predicted molar refractivity (Wildman–Crippen MR) is 51.3 cm³/mol. The van der Waals surface area contributed by atoms with Crippen molar-refractivity contribution in [2.24, 2.45) is 11.7 Å². The minimum atomic E-state index is -4.27. The zero-order chi connectivity index (χ0) is 12.1. The number of rotatable bonds is 2. The number of hydrogen-bond donors (Lipinski definition) is 3. The lowest BCUT2D eigenvalue weighted by molar-refractivity contribution is -0.384. The summed E-state index contributed by atoms with van der Waals surface area (Å²) in [6, 6.07) is 3.94. The van der Waals surface area contributed by atoms with E-state index in [0.29, 0.717) is 0 Å². The molecule has 5 N–H and O–H groups in total. The summed E-state index contributed by atoms with van der Waals surface area (Å²) in [4.78, 5) is 9.13. The summed E-state index contributed by atoms with van der Waals surface area (Å²) in [7, 11) is -4.27. The Balaban J connectivity index is 0.000000921. The van der Waals surface area contributed by atoms with Crippen molar-refractivity contribution in [1.29, 1.82) is 0 Å². The third-order valence-electron chi connectivity index (χ3n) is 1.35. The van der Waals surface area contributed by atoms with Gasteiger partial charge in [0, 0.05) is 12.1 Å². The highest BCUT2D eigenvalue weighted by Gasteiger charge is 2.11. The van der Waals surface area contributed by atoms with Crippen molar-refractivity contribution >= 4 is 15.8 Å². The number of hydrazine groups is 1. The molecule has 8 nitrogen and oxygen atoms in total. The average Bonchev–Trinajstić information content (AvgIpc) is 2.20. The highest BCUT2D eigenvalue weighted by atomic mass is 32.2. The first-order chi connectivity index (χ1) is 6.91. The molecule has 0 aliphatic carbocycles. The summed E-state index contributed by atoms with van der Waals surface area (Å²) in [5.41, 5.74) is -0.229. The lowest BCUT2D eigenvalue weighted by atomic mass is 10.3. The van der Waals surface area contributed by atoms with Gasteiger partial charge in [0.2, 0.25) is 0 Å². The Kier molecular flexibility index (Phi) is 4.81. The van der Waals surface area contributed by atoms with Crippen LogP contribution >= 0.6 is 0 Å². The Labute approximate surface area is 85.4 Å². The number of non-ortho nitro benzene ring substituents is 1. The van der Waals surface area contributed by atoms with Crippen LogP contribution in [0.5, 0.6) is 0 Å². The molecule has 15 heavy (non-hydrogen) atoms. The van der Waals surface area contributed by atoms with Crippen LogP contribution in [-0.2, 0) is 10.1 Å². The quantitative estimate of drug-likeness (QED) is 0.274. The summed E-state index contributed by atoms with van der Waals surface area (Å²) < 4.78 is 29.5. The Morgan fingerprint density at radius 3 is 1.87 bits per heavy atom. The van der Waals surface area contributed by atoms with Crippen LogP contribution < -0.4 is 11.7 Å². The third kappa shape index (κ3) is 3.99. The molecule has 0 aliphatic rings. The molecule has 0 saturated carbocycles. The van der Waals surface area contributed by atoms with Gasteiger partial charge < -0.3 is 0 Å². The average molecular weight is 235 g/mol. The first kappa shape index (κ1) is 13.4. The summed E-state index contributed by atoms with van der Waals surface area (Å²) in [5.74, 6) is 8.00. The Morgan fingerprint density at radius 2 is 1.60 bits per heavy atom. The van der Waals surface area contributed by atoms with Gasteiger partial charge in [-0.1, -0.05) is 0 Å². The van der Waals surface area contributed by atoms with E-state index in [1.54, 1.807) is 0 Å². The summed E-state index contributed by atoms with van der Waals surface area (Å²) in [6.07, 6.45) is 0. The van der Waals surface area contributed by atoms with Gasteiger partial charge in [-0.15, -0.1) is 0 Å². The smallest absolute Gasteiger partial charge is 0.282 e. The van der Waals surface area contributed by atoms with Gasteiger partial charge in [-0.2, -0.15) is 8.42 Å². The van der Waals surface area contributed by atoms with Crippen LogP contribution in [0.4, 0.5) is 5.69 Å². The van der Waals surface area contributed by atoms with Crippen LogP contribution in [0, 0.1) is 10.1 Å². The molecule has 84 valence electrons. The fourth-order valence-electron chi connectivity index (χ4n) is 0.740. The topological polar surface area (TPSA) is 150 Å². The maximum absolute atomic E-state index is 10.5. The van der Waals surface area contributed by atoms with Crippen LogP contribution in [0.25, 0.3) is 0 Å². The molecule has 1 rings (SSSR count). The summed E-state index contributed by atoms with van der Waals surface area (Å²) in [6.45, 7) is 0.